The van der Waals surface area contributed by atoms with Gasteiger partial charge < -0.3 is 19.4 Å². The lowest BCUT2D eigenvalue weighted by Crippen LogP contribution is -2.32. The zero-order valence-electron chi connectivity index (χ0n) is 18.8. The Morgan fingerprint density at radius 1 is 1.12 bits per heavy atom. The molecule has 2 aromatic carbocycles. The summed E-state index contributed by atoms with van der Waals surface area (Å²) in [7, 11) is -0.616. The average molecular weight is 507 g/mol. The number of rotatable bonds is 8. The fourth-order valence-corrected chi connectivity index (χ4v) is 3.80. The average Bonchev–Trinajstić information content (AvgIpc) is 2.79. The summed E-state index contributed by atoms with van der Waals surface area (Å²) in [5.41, 5.74) is 0.508. The summed E-state index contributed by atoms with van der Waals surface area (Å²) in [4.78, 5) is 38.0. The number of amides is 1. The molecule has 1 amide bonds. The van der Waals surface area contributed by atoms with Crippen molar-refractivity contribution in [2.75, 3.05) is 25.7 Å². The first-order valence-corrected chi connectivity index (χ1v) is 12.5. The number of ether oxygens (including phenoxy) is 2. The van der Waals surface area contributed by atoms with Gasteiger partial charge >= 0.3 is 5.97 Å². The molecule has 3 aromatic rings. The molecular formula is C23H23ClN2O7S. The van der Waals surface area contributed by atoms with Crippen LogP contribution in [0.25, 0.3) is 10.9 Å². The van der Waals surface area contributed by atoms with Gasteiger partial charge in [0.2, 0.25) is 0 Å². The number of hydrogen-bond donors (Lipinski definition) is 1. The van der Waals surface area contributed by atoms with Crippen LogP contribution in [0.15, 0.2) is 47.3 Å². The Labute approximate surface area is 201 Å². The van der Waals surface area contributed by atoms with E-state index in [9.17, 15) is 22.8 Å². The monoisotopic (exact) mass is 506 g/mol. The maximum atomic E-state index is 13.0. The second kappa shape index (κ2) is 10.3. The van der Waals surface area contributed by atoms with E-state index in [2.05, 4.69) is 5.32 Å². The van der Waals surface area contributed by atoms with Gasteiger partial charge in [-0.15, -0.1) is 0 Å². The molecular weight excluding hydrogens is 484 g/mol. The van der Waals surface area contributed by atoms with Crippen molar-refractivity contribution >= 4 is 44.2 Å². The summed E-state index contributed by atoms with van der Waals surface area (Å²) in [6, 6.07) is 11.1. The third kappa shape index (κ3) is 5.95. The lowest BCUT2D eigenvalue weighted by molar-refractivity contribution is 0.0600. The molecule has 0 bridgehead atoms. The molecule has 0 saturated heterocycles. The van der Waals surface area contributed by atoms with Gasteiger partial charge in [0, 0.05) is 30.3 Å². The Hall–Kier alpha value is -3.37. The van der Waals surface area contributed by atoms with Gasteiger partial charge in [-0.05, 0) is 35.9 Å². The highest BCUT2D eigenvalue weighted by atomic mass is 35.5. The molecule has 3 rings (SSSR count). The molecule has 1 heterocycles. The Morgan fingerprint density at radius 3 is 2.41 bits per heavy atom. The minimum atomic E-state index is -3.29. The van der Waals surface area contributed by atoms with Crippen molar-refractivity contribution in [3.8, 4) is 5.75 Å². The van der Waals surface area contributed by atoms with Gasteiger partial charge in [-0.1, -0.05) is 23.7 Å². The smallest absolute Gasteiger partial charge is 0.338 e. The normalized spacial score (nSPS) is 11.3. The molecule has 9 nitrogen and oxygen atoms in total. The molecule has 0 fully saturated rings. The van der Waals surface area contributed by atoms with Crippen LogP contribution in [-0.4, -0.2) is 50.6 Å². The molecule has 180 valence electrons. The fraction of sp³-hybridized carbons (Fsp3) is 0.261. The van der Waals surface area contributed by atoms with Crippen molar-refractivity contribution in [3.63, 3.8) is 0 Å². The van der Waals surface area contributed by atoms with Gasteiger partial charge in [0.25, 0.3) is 11.5 Å². The van der Waals surface area contributed by atoms with Gasteiger partial charge in [-0.2, -0.15) is 0 Å². The number of pyridine rings is 1. The zero-order valence-corrected chi connectivity index (χ0v) is 20.3. The van der Waals surface area contributed by atoms with E-state index in [1.54, 1.807) is 24.3 Å². The van der Waals surface area contributed by atoms with Crippen LogP contribution in [0.1, 0.15) is 26.3 Å². The van der Waals surface area contributed by atoms with Crippen LogP contribution >= 0.6 is 11.6 Å². The van der Waals surface area contributed by atoms with E-state index < -0.39 is 27.3 Å². The lowest BCUT2D eigenvalue weighted by atomic mass is 10.1. The summed E-state index contributed by atoms with van der Waals surface area (Å²) in [6.07, 6.45) is 1.07. The molecule has 1 aromatic heterocycles. The molecule has 0 unspecified atom stereocenters. The predicted octanol–water partition coefficient (Wildman–Crippen LogP) is 2.33. The first-order valence-electron chi connectivity index (χ1n) is 10.1. The number of nitrogens with one attached hydrogen (secondary N) is 1. The summed E-state index contributed by atoms with van der Waals surface area (Å²) in [5, 5.41) is 3.63. The van der Waals surface area contributed by atoms with Gasteiger partial charge in [0.1, 0.15) is 17.9 Å². The van der Waals surface area contributed by atoms with E-state index in [-0.39, 0.29) is 35.8 Å². The molecule has 34 heavy (non-hydrogen) atoms. The number of halogens is 1. The van der Waals surface area contributed by atoms with Crippen LogP contribution in [0.2, 0.25) is 5.02 Å². The number of aromatic nitrogens is 1. The molecule has 0 saturated carbocycles. The van der Waals surface area contributed by atoms with E-state index in [1.165, 1.54) is 36.9 Å². The number of esters is 1. The number of carbonyl (C=O) groups excluding carboxylic acids is 2. The number of fused-ring (bicyclic) bond motifs is 1. The van der Waals surface area contributed by atoms with Gasteiger partial charge in [-0.3, -0.25) is 9.59 Å². The summed E-state index contributed by atoms with van der Waals surface area (Å²) in [5.74, 6) is -1.39. The highest BCUT2D eigenvalue weighted by Gasteiger charge is 2.19. The topological polar surface area (TPSA) is 121 Å². The van der Waals surface area contributed by atoms with Crippen molar-refractivity contribution in [1.29, 1.82) is 0 Å². The molecule has 0 aliphatic carbocycles. The number of benzene rings is 2. The standard InChI is InChI=1S/C23H23ClN2O7S/c1-26-20-15(10-16(23(29)32-2)12-19(20)33-8-9-34(3,30)31)11-18(22(26)28)21(27)25-13-14-4-6-17(24)7-5-14/h4-7,10-12H,8-9,13H2,1-3H3,(H,25,27). The van der Waals surface area contributed by atoms with Crippen molar-refractivity contribution < 1.29 is 27.5 Å². The van der Waals surface area contributed by atoms with Gasteiger partial charge in [0.05, 0.1) is 23.9 Å². The first-order chi connectivity index (χ1) is 16.0. The SMILES string of the molecule is COC(=O)c1cc(OCCS(C)(=O)=O)c2c(c1)cc(C(=O)NCc1ccc(Cl)cc1)c(=O)n2C. The van der Waals surface area contributed by atoms with Crippen molar-refractivity contribution in [2.45, 2.75) is 6.54 Å². The number of nitrogens with zero attached hydrogens (tertiary/aromatic N) is 1. The minimum absolute atomic E-state index is 0.120. The number of sulfone groups is 1. The minimum Gasteiger partial charge on any atom is -0.490 e. The Bertz CT molecular complexity index is 1410. The van der Waals surface area contributed by atoms with Crippen molar-refractivity contribution in [3.05, 3.63) is 74.5 Å². The fourth-order valence-electron chi connectivity index (χ4n) is 3.29. The summed E-state index contributed by atoms with van der Waals surface area (Å²) in [6.45, 7) is -0.00464. The largest absolute Gasteiger partial charge is 0.490 e. The summed E-state index contributed by atoms with van der Waals surface area (Å²) < 4.78 is 34.6. The molecule has 11 heteroatoms. The molecule has 0 aliphatic rings. The Morgan fingerprint density at radius 2 is 1.79 bits per heavy atom. The maximum absolute atomic E-state index is 13.0. The molecule has 0 aliphatic heterocycles. The second-order valence-corrected chi connectivity index (χ2v) is 10.3. The van der Waals surface area contributed by atoms with Crippen LogP contribution in [0.4, 0.5) is 0 Å². The lowest BCUT2D eigenvalue weighted by Gasteiger charge is -2.15. The molecule has 0 spiro atoms. The Balaban J connectivity index is 2.01. The first kappa shape index (κ1) is 25.3. The highest BCUT2D eigenvalue weighted by Crippen LogP contribution is 2.28. The van der Waals surface area contributed by atoms with Crippen molar-refractivity contribution in [1.82, 2.24) is 9.88 Å². The van der Waals surface area contributed by atoms with E-state index in [4.69, 9.17) is 21.1 Å². The third-order valence-electron chi connectivity index (χ3n) is 5.02. The maximum Gasteiger partial charge on any atom is 0.338 e. The Kier molecular flexibility index (Phi) is 7.63. The molecule has 1 N–H and O–H groups in total. The van der Waals surface area contributed by atoms with E-state index in [0.29, 0.717) is 15.9 Å². The molecule has 0 radical (unpaired) electrons. The third-order valence-corrected chi connectivity index (χ3v) is 6.18. The van der Waals surface area contributed by atoms with Crippen LogP contribution < -0.4 is 15.6 Å². The van der Waals surface area contributed by atoms with Crippen LogP contribution in [0.5, 0.6) is 5.75 Å². The van der Waals surface area contributed by atoms with Crippen molar-refractivity contribution in [2.24, 2.45) is 7.05 Å². The van der Waals surface area contributed by atoms with Crippen LogP contribution in [-0.2, 0) is 28.2 Å². The zero-order chi connectivity index (χ0) is 25.0. The predicted molar refractivity (Wildman–Crippen MR) is 128 cm³/mol. The number of aryl methyl sites for hydroxylation is 1. The number of hydrogen-bond acceptors (Lipinski definition) is 7. The second-order valence-electron chi connectivity index (χ2n) is 7.61. The van der Waals surface area contributed by atoms with E-state index in [1.807, 2.05) is 0 Å². The number of carbonyl (C=O) groups is 2. The quantitative estimate of drug-likeness (QED) is 0.465. The summed E-state index contributed by atoms with van der Waals surface area (Å²) >= 11 is 5.87. The molecule has 0 atom stereocenters. The van der Waals surface area contributed by atoms with Gasteiger partial charge in [-0.25, -0.2) is 13.2 Å². The van der Waals surface area contributed by atoms with Crippen LogP contribution in [0.3, 0.4) is 0 Å². The number of methoxy groups -OCH3 is 1. The van der Waals surface area contributed by atoms with Gasteiger partial charge in [0.15, 0.2) is 9.84 Å². The highest BCUT2D eigenvalue weighted by molar-refractivity contribution is 7.90. The van der Waals surface area contributed by atoms with E-state index in [0.717, 1.165) is 11.8 Å². The van der Waals surface area contributed by atoms with Crippen LogP contribution in [0, 0.1) is 0 Å². The van der Waals surface area contributed by atoms with E-state index >= 15 is 0 Å².